The first-order valence-corrected chi connectivity index (χ1v) is 10.0. The van der Waals surface area contributed by atoms with E-state index in [2.05, 4.69) is 20.0 Å². The molecule has 1 aliphatic rings. The van der Waals surface area contributed by atoms with Crippen molar-refractivity contribution in [1.29, 1.82) is 0 Å². The van der Waals surface area contributed by atoms with E-state index >= 15 is 0 Å². The Bertz CT molecular complexity index is 1140. The Morgan fingerprint density at radius 2 is 2.03 bits per heavy atom. The van der Waals surface area contributed by atoms with Crippen LogP contribution >= 0.6 is 11.6 Å². The van der Waals surface area contributed by atoms with Gasteiger partial charge in [-0.25, -0.2) is 4.98 Å². The molecule has 0 spiro atoms. The number of rotatable bonds is 7. The molecule has 1 saturated carbocycles. The highest BCUT2D eigenvalue weighted by molar-refractivity contribution is 6.31. The summed E-state index contributed by atoms with van der Waals surface area (Å²) in [5.74, 6) is -1.26. The van der Waals surface area contributed by atoms with E-state index in [0.29, 0.717) is 34.2 Å². The highest BCUT2D eigenvalue weighted by Crippen LogP contribution is 2.49. The molecule has 166 valence electrons. The molecule has 0 saturated heterocycles. The number of carbonyl (C=O) groups is 1. The molecule has 1 aromatic carbocycles. The van der Waals surface area contributed by atoms with Gasteiger partial charge in [0.2, 0.25) is 0 Å². The average Bonchev–Trinajstić information content (AvgIpc) is 3.53. The topological polar surface area (TPSA) is 84.3 Å². The lowest BCUT2D eigenvalue weighted by Crippen LogP contribution is -2.17. The predicted octanol–water partition coefficient (Wildman–Crippen LogP) is 5.50. The second-order valence-electron chi connectivity index (χ2n) is 7.33. The van der Waals surface area contributed by atoms with E-state index in [1.807, 2.05) is 0 Å². The quantitative estimate of drug-likeness (QED) is 0.481. The molecule has 2 N–H and O–H groups in total. The first kappa shape index (κ1) is 21.9. The number of nitrogens with zero attached hydrogens (tertiary/aromatic N) is 2. The number of aromatic nitrogens is 2. The van der Waals surface area contributed by atoms with Crippen molar-refractivity contribution >= 4 is 23.4 Å². The Morgan fingerprint density at radius 1 is 1.22 bits per heavy atom. The molecule has 2 heterocycles. The van der Waals surface area contributed by atoms with Crippen molar-refractivity contribution in [1.82, 2.24) is 9.97 Å². The second kappa shape index (κ2) is 8.66. The maximum absolute atomic E-state index is 12.4. The second-order valence-corrected chi connectivity index (χ2v) is 7.74. The van der Waals surface area contributed by atoms with E-state index in [4.69, 9.17) is 16.7 Å². The van der Waals surface area contributed by atoms with Gasteiger partial charge in [-0.15, -0.1) is 13.2 Å². The van der Waals surface area contributed by atoms with Crippen molar-refractivity contribution in [2.45, 2.75) is 25.2 Å². The third kappa shape index (κ3) is 5.28. The molecule has 0 aliphatic heterocycles. The lowest BCUT2D eigenvalue weighted by Gasteiger charge is -2.11. The SMILES string of the molecule is O=C(O)[C@@H]1C[C@H]1c1nc(-c2ccc(NCc3cccc(OC(F)(F)F)c3)nc2)ccc1Cl. The minimum atomic E-state index is -4.74. The molecule has 3 aromatic rings. The summed E-state index contributed by atoms with van der Waals surface area (Å²) in [5, 5.41) is 12.6. The molecule has 1 fully saturated rings. The minimum absolute atomic E-state index is 0.189. The summed E-state index contributed by atoms with van der Waals surface area (Å²) in [4.78, 5) is 20.0. The van der Waals surface area contributed by atoms with Crippen LogP contribution in [0.25, 0.3) is 11.3 Å². The van der Waals surface area contributed by atoms with Gasteiger partial charge in [-0.1, -0.05) is 23.7 Å². The van der Waals surface area contributed by atoms with Gasteiger partial charge in [0.15, 0.2) is 0 Å². The van der Waals surface area contributed by atoms with E-state index in [1.54, 1.807) is 36.5 Å². The van der Waals surface area contributed by atoms with Crippen molar-refractivity contribution < 1.29 is 27.8 Å². The third-order valence-corrected chi connectivity index (χ3v) is 5.32. The van der Waals surface area contributed by atoms with Crippen LogP contribution < -0.4 is 10.1 Å². The number of aliphatic carboxylic acids is 1. The molecule has 0 bridgehead atoms. The van der Waals surface area contributed by atoms with Crippen LogP contribution in [-0.4, -0.2) is 27.4 Å². The van der Waals surface area contributed by atoms with Crippen LogP contribution in [0.3, 0.4) is 0 Å². The van der Waals surface area contributed by atoms with Crippen molar-refractivity contribution in [2.24, 2.45) is 5.92 Å². The molecule has 0 amide bonds. The minimum Gasteiger partial charge on any atom is -0.481 e. The number of ether oxygens (including phenoxy) is 1. The van der Waals surface area contributed by atoms with Gasteiger partial charge in [0.1, 0.15) is 11.6 Å². The van der Waals surface area contributed by atoms with Crippen LogP contribution in [0.1, 0.15) is 23.6 Å². The first-order valence-electron chi connectivity index (χ1n) is 9.64. The Balaban J connectivity index is 1.42. The molecule has 32 heavy (non-hydrogen) atoms. The van der Waals surface area contributed by atoms with Gasteiger partial charge in [0.05, 0.1) is 22.3 Å². The van der Waals surface area contributed by atoms with Crippen LogP contribution in [0, 0.1) is 5.92 Å². The summed E-state index contributed by atoms with van der Waals surface area (Å²) in [6, 6.07) is 12.6. The number of nitrogens with one attached hydrogen (secondary N) is 1. The molecule has 0 unspecified atom stereocenters. The van der Waals surface area contributed by atoms with Gasteiger partial charge in [-0.3, -0.25) is 9.78 Å². The van der Waals surface area contributed by atoms with Crippen molar-refractivity contribution in [2.75, 3.05) is 5.32 Å². The lowest BCUT2D eigenvalue weighted by atomic mass is 10.1. The highest BCUT2D eigenvalue weighted by Gasteiger charge is 2.46. The summed E-state index contributed by atoms with van der Waals surface area (Å²) in [7, 11) is 0. The summed E-state index contributed by atoms with van der Waals surface area (Å²) in [5.41, 5.74) is 2.51. The maximum Gasteiger partial charge on any atom is 0.573 e. The molecule has 6 nitrogen and oxygen atoms in total. The lowest BCUT2D eigenvalue weighted by molar-refractivity contribution is -0.274. The van der Waals surface area contributed by atoms with Crippen LogP contribution in [0.5, 0.6) is 5.75 Å². The largest absolute Gasteiger partial charge is 0.573 e. The van der Waals surface area contributed by atoms with Crippen LogP contribution in [0.4, 0.5) is 19.0 Å². The smallest absolute Gasteiger partial charge is 0.481 e. The average molecular weight is 464 g/mol. The van der Waals surface area contributed by atoms with Gasteiger partial charge in [-0.2, -0.15) is 0 Å². The van der Waals surface area contributed by atoms with Gasteiger partial charge in [0, 0.05) is 24.2 Å². The van der Waals surface area contributed by atoms with E-state index in [9.17, 15) is 18.0 Å². The van der Waals surface area contributed by atoms with Crippen LogP contribution in [-0.2, 0) is 11.3 Å². The Hall–Kier alpha value is -3.33. The summed E-state index contributed by atoms with van der Waals surface area (Å²) in [6.07, 6.45) is -2.62. The standard InChI is InChI=1S/C22H17ClF3N3O3/c23-17-5-6-18(29-20(17)15-9-16(15)21(30)31)13-4-7-19(28-11-13)27-10-12-2-1-3-14(8-12)32-22(24,25)26/h1-8,11,15-16H,9-10H2,(H,27,28)(H,30,31)/t15-,16-/m1/s1. The van der Waals surface area contributed by atoms with Crippen molar-refractivity contribution in [3.63, 3.8) is 0 Å². The first-order chi connectivity index (χ1) is 15.2. The fraction of sp³-hybridized carbons (Fsp3) is 0.227. The maximum atomic E-state index is 12.4. The Morgan fingerprint density at radius 3 is 2.69 bits per heavy atom. The normalized spacial score (nSPS) is 17.6. The zero-order valence-electron chi connectivity index (χ0n) is 16.4. The number of anilines is 1. The fourth-order valence-corrected chi connectivity index (χ4v) is 3.59. The molecule has 4 rings (SSSR count). The molecule has 2 atom stereocenters. The molecular formula is C22H17ClF3N3O3. The molecule has 10 heteroatoms. The number of hydrogen-bond donors (Lipinski definition) is 2. The van der Waals surface area contributed by atoms with Crippen molar-refractivity contribution in [3.8, 4) is 17.0 Å². The van der Waals surface area contributed by atoms with Gasteiger partial charge in [0.25, 0.3) is 0 Å². The number of halogens is 4. The monoisotopic (exact) mass is 463 g/mol. The number of benzene rings is 1. The number of carboxylic acid groups (broad SMARTS) is 1. The summed E-state index contributed by atoms with van der Waals surface area (Å²) in [6.45, 7) is 0.253. The third-order valence-electron chi connectivity index (χ3n) is 5.00. The van der Waals surface area contributed by atoms with Gasteiger partial charge in [-0.05, 0) is 48.4 Å². The van der Waals surface area contributed by atoms with E-state index < -0.39 is 18.2 Å². The number of alkyl halides is 3. The fourth-order valence-electron chi connectivity index (χ4n) is 3.34. The number of carboxylic acids is 1. The highest BCUT2D eigenvalue weighted by atomic mass is 35.5. The van der Waals surface area contributed by atoms with Crippen LogP contribution in [0.2, 0.25) is 5.02 Å². The van der Waals surface area contributed by atoms with Gasteiger partial charge >= 0.3 is 12.3 Å². The number of hydrogen-bond acceptors (Lipinski definition) is 5. The Kier molecular flexibility index (Phi) is 5.92. The molecule has 1 aliphatic carbocycles. The molecule has 0 radical (unpaired) electrons. The predicted molar refractivity (Wildman–Crippen MR) is 111 cm³/mol. The zero-order chi connectivity index (χ0) is 22.9. The zero-order valence-corrected chi connectivity index (χ0v) is 17.2. The number of pyridine rings is 2. The van der Waals surface area contributed by atoms with E-state index in [-0.39, 0.29) is 18.2 Å². The van der Waals surface area contributed by atoms with Crippen molar-refractivity contribution in [3.05, 3.63) is 71.0 Å². The van der Waals surface area contributed by atoms with Crippen LogP contribution in [0.15, 0.2) is 54.7 Å². The molecular weight excluding hydrogens is 447 g/mol. The summed E-state index contributed by atoms with van der Waals surface area (Å²) < 4.78 is 41.0. The van der Waals surface area contributed by atoms with E-state index in [0.717, 1.165) is 5.56 Å². The van der Waals surface area contributed by atoms with E-state index in [1.165, 1.54) is 18.2 Å². The summed E-state index contributed by atoms with van der Waals surface area (Å²) >= 11 is 6.21. The molecule has 2 aromatic heterocycles. The Labute approximate surface area is 186 Å². The van der Waals surface area contributed by atoms with Gasteiger partial charge < -0.3 is 15.2 Å².